The third-order valence-corrected chi connectivity index (χ3v) is 4.90. The van der Waals surface area contributed by atoms with Crippen molar-refractivity contribution in [3.05, 3.63) is 29.8 Å². The third-order valence-electron chi connectivity index (χ3n) is 4.90. The quantitative estimate of drug-likeness (QED) is 0.573. The summed E-state index contributed by atoms with van der Waals surface area (Å²) >= 11 is 0. The zero-order valence-electron chi connectivity index (χ0n) is 14.9. The van der Waals surface area contributed by atoms with Crippen LogP contribution in [0.25, 0.3) is 0 Å². The van der Waals surface area contributed by atoms with Crippen molar-refractivity contribution >= 4 is 5.96 Å². The molecule has 0 saturated heterocycles. The maximum absolute atomic E-state index is 9.49. The lowest BCUT2D eigenvalue weighted by molar-refractivity contribution is 0.0694. The Hall–Kier alpha value is -1.75. The Balaban J connectivity index is 1.77. The summed E-state index contributed by atoms with van der Waals surface area (Å²) in [6.07, 6.45) is 3.01. The number of nitrogens with zero attached hydrogens (tertiary/aromatic N) is 1. The summed E-state index contributed by atoms with van der Waals surface area (Å²) in [5.74, 6) is 1.76. The zero-order valence-corrected chi connectivity index (χ0v) is 14.9. The second-order valence-corrected chi connectivity index (χ2v) is 7.65. The number of hydrogen-bond donors (Lipinski definition) is 3. The molecule has 1 unspecified atom stereocenters. The van der Waals surface area contributed by atoms with Crippen LogP contribution in [0.1, 0.15) is 51.6 Å². The van der Waals surface area contributed by atoms with Gasteiger partial charge in [-0.1, -0.05) is 18.2 Å². The average molecular weight is 331 g/mol. The van der Waals surface area contributed by atoms with Gasteiger partial charge >= 0.3 is 0 Å². The van der Waals surface area contributed by atoms with Gasteiger partial charge < -0.3 is 20.5 Å². The van der Waals surface area contributed by atoms with Crippen LogP contribution in [0.4, 0.5) is 0 Å². The fourth-order valence-corrected chi connectivity index (χ4v) is 3.21. The standard InChI is InChI=1S/C19H29N3O2/c1-4-20-17(21-12-19(13-23)9-10-19)22-15-11-18(2,3)24-16-8-6-5-7-14(15)16/h5-8,15,23H,4,9-13H2,1-3H3,(H2,20,21,22). The van der Waals surface area contributed by atoms with Crippen LogP contribution in [-0.4, -0.2) is 36.4 Å². The van der Waals surface area contributed by atoms with Crippen LogP contribution >= 0.6 is 0 Å². The summed E-state index contributed by atoms with van der Waals surface area (Å²) in [4.78, 5) is 4.73. The molecule has 5 heteroatoms. The Bertz CT molecular complexity index is 608. The lowest BCUT2D eigenvalue weighted by atomic mass is 9.90. The smallest absolute Gasteiger partial charge is 0.191 e. The third kappa shape index (κ3) is 3.83. The van der Waals surface area contributed by atoms with Crippen molar-refractivity contribution in [1.29, 1.82) is 0 Å². The van der Waals surface area contributed by atoms with E-state index in [9.17, 15) is 5.11 Å². The number of rotatable bonds is 5. The summed E-state index contributed by atoms with van der Waals surface area (Å²) in [6.45, 7) is 8.01. The molecule has 0 spiro atoms. The topological polar surface area (TPSA) is 65.9 Å². The normalized spacial score (nSPS) is 23.8. The number of ether oxygens (including phenoxy) is 1. The molecule has 3 rings (SSSR count). The zero-order chi connectivity index (χ0) is 17.2. The number of fused-ring (bicyclic) bond motifs is 1. The molecule has 1 atom stereocenters. The number of aliphatic hydroxyl groups is 1. The van der Waals surface area contributed by atoms with E-state index in [0.717, 1.165) is 37.5 Å². The first-order valence-corrected chi connectivity index (χ1v) is 8.91. The first-order chi connectivity index (χ1) is 11.5. The fraction of sp³-hybridized carbons (Fsp3) is 0.632. The van der Waals surface area contributed by atoms with Gasteiger partial charge in [0.2, 0.25) is 0 Å². The van der Waals surface area contributed by atoms with Gasteiger partial charge in [-0.15, -0.1) is 0 Å². The minimum Gasteiger partial charge on any atom is -0.487 e. The molecule has 5 nitrogen and oxygen atoms in total. The number of aliphatic imine (C=N–C) groups is 1. The van der Waals surface area contributed by atoms with Crippen molar-refractivity contribution in [2.24, 2.45) is 10.4 Å². The van der Waals surface area contributed by atoms with E-state index >= 15 is 0 Å². The lowest BCUT2D eigenvalue weighted by Gasteiger charge is -2.38. The molecule has 1 aromatic rings. The highest BCUT2D eigenvalue weighted by Crippen LogP contribution is 2.45. The summed E-state index contributed by atoms with van der Waals surface area (Å²) in [7, 11) is 0. The molecule has 132 valence electrons. The number of para-hydroxylation sites is 1. The predicted octanol–water partition coefficient (Wildman–Crippen LogP) is 2.62. The first-order valence-electron chi connectivity index (χ1n) is 8.91. The molecule has 0 amide bonds. The van der Waals surface area contributed by atoms with Crippen LogP contribution in [0.15, 0.2) is 29.3 Å². The highest BCUT2D eigenvalue weighted by molar-refractivity contribution is 5.80. The number of nitrogens with one attached hydrogen (secondary N) is 2. The molecule has 1 heterocycles. The highest BCUT2D eigenvalue weighted by Gasteiger charge is 2.42. The maximum Gasteiger partial charge on any atom is 0.191 e. The fourth-order valence-electron chi connectivity index (χ4n) is 3.21. The number of guanidine groups is 1. The van der Waals surface area contributed by atoms with Gasteiger partial charge in [-0.2, -0.15) is 0 Å². The van der Waals surface area contributed by atoms with Gasteiger partial charge in [-0.25, -0.2) is 0 Å². The van der Waals surface area contributed by atoms with Crippen LogP contribution in [0.2, 0.25) is 0 Å². The number of aliphatic hydroxyl groups excluding tert-OH is 1. The van der Waals surface area contributed by atoms with Gasteiger partial charge in [-0.05, 0) is 39.7 Å². The van der Waals surface area contributed by atoms with Gasteiger partial charge in [0.15, 0.2) is 5.96 Å². The van der Waals surface area contributed by atoms with Crippen LogP contribution in [-0.2, 0) is 0 Å². The van der Waals surface area contributed by atoms with Gasteiger partial charge in [0, 0.05) is 23.9 Å². The van der Waals surface area contributed by atoms with E-state index in [1.54, 1.807) is 0 Å². The van der Waals surface area contributed by atoms with Gasteiger partial charge in [0.05, 0.1) is 19.2 Å². The minimum atomic E-state index is -0.216. The Kier molecular flexibility index (Phi) is 4.72. The molecule has 1 fully saturated rings. The Morgan fingerprint density at radius 2 is 2.08 bits per heavy atom. The monoisotopic (exact) mass is 331 g/mol. The molecule has 1 saturated carbocycles. The van der Waals surface area contributed by atoms with Gasteiger partial charge in [0.1, 0.15) is 11.4 Å². The maximum atomic E-state index is 9.49. The van der Waals surface area contributed by atoms with E-state index in [1.807, 2.05) is 18.2 Å². The van der Waals surface area contributed by atoms with Crippen molar-refractivity contribution in [1.82, 2.24) is 10.6 Å². The van der Waals surface area contributed by atoms with E-state index in [0.29, 0.717) is 6.54 Å². The largest absolute Gasteiger partial charge is 0.487 e. The van der Waals surface area contributed by atoms with Gasteiger partial charge in [-0.3, -0.25) is 4.99 Å². The van der Waals surface area contributed by atoms with E-state index in [4.69, 9.17) is 9.73 Å². The lowest BCUT2D eigenvalue weighted by Crippen LogP contribution is -2.45. The van der Waals surface area contributed by atoms with Crippen LogP contribution in [0, 0.1) is 5.41 Å². The Labute approximate surface area is 144 Å². The molecular weight excluding hydrogens is 302 g/mol. The summed E-state index contributed by atoms with van der Waals surface area (Å²) < 4.78 is 6.10. The van der Waals surface area contributed by atoms with E-state index in [1.165, 1.54) is 5.56 Å². The molecular formula is C19H29N3O2. The van der Waals surface area contributed by atoms with Crippen molar-refractivity contribution in [2.75, 3.05) is 19.7 Å². The average Bonchev–Trinajstić information content (AvgIpc) is 3.32. The summed E-state index contributed by atoms with van der Waals surface area (Å²) in [6, 6.07) is 8.35. The first kappa shape index (κ1) is 17.1. The molecule has 0 bridgehead atoms. The number of benzene rings is 1. The van der Waals surface area contributed by atoms with Crippen LogP contribution in [0.3, 0.4) is 0 Å². The molecule has 1 aromatic carbocycles. The molecule has 24 heavy (non-hydrogen) atoms. The SMILES string of the molecule is CCNC(=NCC1(CO)CC1)NC1CC(C)(C)Oc2ccccc21. The minimum absolute atomic E-state index is 0.0230. The highest BCUT2D eigenvalue weighted by atomic mass is 16.5. The second kappa shape index (κ2) is 6.63. The molecule has 1 aliphatic heterocycles. The van der Waals surface area contributed by atoms with E-state index in [2.05, 4.69) is 37.5 Å². The van der Waals surface area contributed by atoms with E-state index < -0.39 is 0 Å². The van der Waals surface area contributed by atoms with Crippen molar-refractivity contribution in [3.63, 3.8) is 0 Å². The second-order valence-electron chi connectivity index (χ2n) is 7.65. The molecule has 1 aliphatic carbocycles. The molecule has 3 N–H and O–H groups in total. The van der Waals surface area contributed by atoms with Gasteiger partial charge in [0.25, 0.3) is 0 Å². The summed E-state index contributed by atoms with van der Waals surface area (Å²) in [5, 5.41) is 16.4. The summed E-state index contributed by atoms with van der Waals surface area (Å²) in [5.41, 5.74) is 0.979. The molecule has 0 radical (unpaired) electrons. The Morgan fingerprint density at radius 1 is 1.33 bits per heavy atom. The Morgan fingerprint density at radius 3 is 2.75 bits per heavy atom. The van der Waals surface area contributed by atoms with Crippen LogP contribution < -0.4 is 15.4 Å². The number of hydrogen-bond acceptors (Lipinski definition) is 3. The van der Waals surface area contributed by atoms with Crippen molar-refractivity contribution in [2.45, 2.75) is 51.7 Å². The molecule has 2 aliphatic rings. The van der Waals surface area contributed by atoms with Crippen LogP contribution in [0.5, 0.6) is 5.75 Å². The predicted molar refractivity (Wildman–Crippen MR) is 96.4 cm³/mol. The van der Waals surface area contributed by atoms with Crippen molar-refractivity contribution < 1.29 is 9.84 Å². The van der Waals surface area contributed by atoms with E-state index in [-0.39, 0.29) is 23.7 Å². The van der Waals surface area contributed by atoms with Crippen molar-refractivity contribution in [3.8, 4) is 5.75 Å². The molecule has 0 aromatic heterocycles.